The second-order valence-electron chi connectivity index (χ2n) is 11.2. The number of rotatable bonds is 30. The summed E-state index contributed by atoms with van der Waals surface area (Å²) >= 11 is 0. The van der Waals surface area contributed by atoms with Crippen LogP contribution >= 0.6 is 0 Å². The van der Waals surface area contributed by atoms with Gasteiger partial charge in [0.2, 0.25) is 0 Å². The number of ether oxygens (including phenoxy) is 1. The van der Waals surface area contributed by atoms with E-state index in [0.29, 0.717) is 6.42 Å². The van der Waals surface area contributed by atoms with Crippen LogP contribution in [-0.4, -0.2) is 5.97 Å². The third-order valence-corrected chi connectivity index (χ3v) is 7.50. The number of allylic oxidation sites excluding steroid dienone is 1. The van der Waals surface area contributed by atoms with Gasteiger partial charge in [0.05, 0.1) is 6.26 Å². The highest BCUT2D eigenvalue weighted by Crippen LogP contribution is 2.15. The van der Waals surface area contributed by atoms with Gasteiger partial charge >= 0.3 is 5.97 Å². The van der Waals surface area contributed by atoms with E-state index in [-0.39, 0.29) is 5.97 Å². The Kier molecular flexibility index (Phi) is 31.5. The van der Waals surface area contributed by atoms with Gasteiger partial charge in [-0.2, -0.15) is 0 Å². The molecule has 0 saturated carbocycles. The second-order valence-corrected chi connectivity index (χ2v) is 11.2. The van der Waals surface area contributed by atoms with Crippen LogP contribution in [0.5, 0.6) is 0 Å². The molecule has 0 atom stereocenters. The molecule has 0 aromatic carbocycles. The van der Waals surface area contributed by atoms with E-state index in [1.807, 2.05) is 6.08 Å². The van der Waals surface area contributed by atoms with E-state index >= 15 is 0 Å². The fourth-order valence-corrected chi connectivity index (χ4v) is 4.99. The van der Waals surface area contributed by atoms with Crippen molar-refractivity contribution in [3.8, 4) is 0 Å². The molecule has 0 rings (SSSR count). The van der Waals surface area contributed by atoms with Crippen LogP contribution in [0.25, 0.3) is 0 Å². The van der Waals surface area contributed by atoms with Crippen molar-refractivity contribution in [1.82, 2.24) is 0 Å². The summed E-state index contributed by atoms with van der Waals surface area (Å²) in [5, 5.41) is 0. The summed E-state index contributed by atoms with van der Waals surface area (Å²) in [5.74, 6) is -0.0664. The smallest absolute Gasteiger partial charge is 0.310 e. The molecule has 0 N–H and O–H groups in total. The van der Waals surface area contributed by atoms with Crippen molar-refractivity contribution in [2.45, 2.75) is 200 Å². The van der Waals surface area contributed by atoms with Gasteiger partial charge in [-0.3, -0.25) is 4.79 Å². The van der Waals surface area contributed by atoms with Crippen molar-refractivity contribution in [2.24, 2.45) is 0 Å². The standard InChI is InChI=1S/C34H66O2/c1-3-5-7-9-11-12-13-14-15-16-17-18-19-20-21-22-23-24-25-26-27-28-30-32-34(35)36-33-31-29-10-8-6-4-2/h31,33H,3-30,32H2,1-2H3/b33-31+. The largest absolute Gasteiger partial charge is 0.435 e. The minimum absolute atomic E-state index is 0.0664. The summed E-state index contributed by atoms with van der Waals surface area (Å²) < 4.78 is 5.18. The molecule has 0 spiro atoms. The van der Waals surface area contributed by atoms with Crippen molar-refractivity contribution < 1.29 is 9.53 Å². The second kappa shape index (κ2) is 32.2. The van der Waals surface area contributed by atoms with Crippen LogP contribution in [0.3, 0.4) is 0 Å². The topological polar surface area (TPSA) is 26.3 Å². The number of unbranched alkanes of at least 4 members (excludes halogenated alkanes) is 26. The molecule has 0 radical (unpaired) electrons. The van der Waals surface area contributed by atoms with Gasteiger partial charge in [0.25, 0.3) is 0 Å². The third kappa shape index (κ3) is 31.2. The van der Waals surface area contributed by atoms with E-state index in [1.165, 1.54) is 161 Å². The highest BCUT2D eigenvalue weighted by atomic mass is 16.5. The molecular weight excluding hydrogens is 440 g/mol. The van der Waals surface area contributed by atoms with E-state index < -0.39 is 0 Å². The highest BCUT2D eigenvalue weighted by molar-refractivity contribution is 5.69. The van der Waals surface area contributed by atoms with Crippen LogP contribution in [0.15, 0.2) is 12.3 Å². The Morgan fingerprint density at radius 3 is 1.11 bits per heavy atom. The van der Waals surface area contributed by atoms with Gasteiger partial charge in [0, 0.05) is 6.42 Å². The van der Waals surface area contributed by atoms with Crippen LogP contribution in [0, 0.1) is 0 Å². The van der Waals surface area contributed by atoms with Crippen LogP contribution in [0.4, 0.5) is 0 Å². The quantitative estimate of drug-likeness (QED) is 0.0550. The highest BCUT2D eigenvalue weighted by Gasteiger charge is 2.01. The first-order valence-electron chi connectivity index (χ1n) is 16.7. The van der Waals surface area contributed by atoms with Gasteiger partial charge in [0.15, 0.2) is 0 Å². The Labute approximate surface area is 227 Å². The summed E-state index contributed by atoms with van der Waals surface area (Å²) in [5.41, 5.74) is 0. The molecule has 0 fully saturated rings. The van der Waals surface area contributed by atoms with Gasteiger partial charge in [0.1, 0.15) is 0 Å². The Bertz CT molecular complexity index is 442. The zero-order valence-corrected chi connectivity index (χ0v) is 25.0. The van der Waals surface area contributed by atoms with Crippen molar-refractivity contribution in [2.75, 3.05) is 0 Å². The van der Waals surface area contributed by atoms with Crippen LogP contribution in [-0.2, 0) is 9.53 Å². The maximum absolute atomic E-state index is 11.7. The number of carbonyl (C=O) groups is 1. The normalized spacial score (nSPS) is 11.5. The van der Waals surface area contributed by atoms with Crippen molar-refractivity contribution >= 4 is 5.97 Å². The Morgan fingerprint density at radius 1 is 0.444 bits per heavy atom. The molecule has 2 nitrogen and oxygen atoms in total. The van der Waals surface area contributed by atoms with E-state index in [4.69, 9.17) is 4.74 Å². The Morgan fingerprint density at radius 2 is 0.750 bits per heavy atom. The summed E-state index contributed by atoms with van der Waals surface area (Å²) in [6.45, 7) is 4.52. The minimum Gasteiger partial charge on any atom is -0.435 e. The first-order valence-corrected chi connectivity index (χ1v) is 16.7. The lowest BCUT2D eigenvalue weighted by Gasteiger charge is -2.04. The Hall–Kier alpha value is -0.790. The van der Waals surface area contributed by atoms with E-state index in [9.17, 15) is 4.79 Å². The number of hydrogen-bond acceptors (Lipinski definition) is 2. The van der Waals surface area contributed by atoms with Gasteiger partial charge in [-0.25, -0.2) is 0 Å². The fourth-order valence-electron chi connectivity index (χ4n) is 4.99. The molecule has 0 unspecified atom stereocenters. The summed E-state index contributed by atoms with van der Waals surface area (Å²) in [6, 6.07) is 0. The van der Waals surface area contributed by atoms with Gasteiger partial charge < -0.3 is 4.74 Å². The summed E-state index contributed by atoms with van der Waals surface area (Å²) in [6.07, 6.45) is 42.3. The van der Waals surface area contributed by atoms with Crippen LogP contribution in [0.1, 0.15) is 200 Å². The molecule has 0 heterocycles. The average Bonchev–Trinajstić information content (AvgIpc) is 2.88. The summed E-state index contributed by atoms with van der Waals surface area (Å²) in [4.78, 5) is 11.7. The Balaban J connectivity index is 3.14. The molecule has 2 heteroatoms. The first-order chi connectivity index (χ1) is 17.8. The van der Waals surface area contributed by atoms with E-state index in [1.54, 1.807) is 6.26 Å². The van der Waals surface area contributed by atoms with E-state index in [0.717, 1.165) is 19.3 Å². The predicted molar refractivity (Wildman–Crippen MR) is 160 cm³/mol. The molecule has 0 aromatic rings. The average molecular weight is 507 g/mol. The molecule has 36 heavy (non-hydrogen) atoms. The van der Waals surface area contributed by atoms with Gasteiger partial charge in [-0.15, -0.1) is 0 Å². The molecule has 0 aliphatic heterocycles. The van der Waals surface area contributed by atoms with Crippen LogP contribution < -0.4 is 0 Å². The molecule has 0 bridgehead atoms. The van der Waals surface area contributed by atoms with Gasteiger partial charge in [-0.05, 0) is 25.3 Å². The van der Waals surface area contributed by atoms with Crippen molar-refractivity contribution in [3.05, 3.63) is 12.3 Å². The van der Waals surface area contributed by atoms with E-state index in [2.05, 4.69) is 13.8 Å². The maximum Gasteiger partial charge on any atom is 0.310 e. The predicted octanol–water partition coefficient (Wildman–Crippen LogP) is 12.4. The molecular formula is C34H66O2. The number of hydrogen-bond donors (Lipinski definition) is 0. The number of carbonyl (C=O) groups excluding carboxylic acids is 1. The van der Waals surface area contributed by atoms with Gasteiger partial charge in [-0.1, -0.05) is 174 Å². The third-order valence-electron chi connectivity index (χ3n) is 7.50. The molecule has 0 aliphatic rings. The maximum atomic E-state index is 11.7. The lowest BCUT2D eigenvalue weighted by Crippen LogP contribution is -1.98. The molecule has 0 aliphatic carbocycles. The monoisotopic (exact) mass is 507 g/mol. The lowest BCUT2D eigenvalue weighted by molar-refractivity contribution is -0.138. The number of esters is 1. The summed E-state index contributed by atoms with van der Waals surface area (Å²) in [7, 11) is 0. The fraction of sp³-hybridized carbons (Fsp3) is 0.912. The van der Waals surface area contributed by atoms with Crippen molar-refractivity contribution in [1.29, 1.82) is 0 Å². The molecule has 214 valence electrons. The SMILES string of the molecule is CCCCCC/C=C/OC(=O)CCCCCCCCCCCCCCCCCCCCCCCCC. The zero-order valence-electron chi connectivity index (χ0n) is 25.0. The molecule has 0 aromatic heterocycles. The minimum atomic E-state index is -0.0664. The molecule has 0 amide bonds. The van der Waals surface area contributed by atoms with Crippen molar-refractivity contribution in [3.63, 3.8) is 0 Å². The zero-order chi connectivity index (χ0) is 26.2. The lowest BCUT2D eigenvalue weighted by atomic mass is 10.0. The van der Waals surface area contributed by atoms with Crippen LogP contribution in [0.2, 0.25) is 0 Å². The molecule has 0 saturated heterocycles. The first kappa shape index (κ1) is 35.2.